The summed E-state index contributed by atoms with van der Waals surface area (Å²) < 4.78 is 1.74. The van der Waals surface area contributed by atoms with E-state index in [0.29, 0.717) is 0 Å². The molecule has 2 heterocycles. The average Bonchev–Trinajstić information content (AvgIpc) is 2.70. The lowest BCUT2D eigenvalue weighted by atomic mass is 10.1. The average molecular weight is 260 g/mol. The molecule has 0 spiro atoms. The predicted octanol–water partition coefficient (Wildman–Crippen LogP) is 0.908. The van der Waals surface area contributed by atoms with Gasteiger partial charge in [0.05, 0.1) is 12.2 Å². The molecule has 1 atom stereocenters. The van der Waals surface area contributed by atoms with Crippen molar-refractivity contribution in [3.63, 3.8) is 0 Å². The van der Waals surface area contributed by atoms with Crippen LogP contribution in [0.1, 0.15) is 34.6 Å². The van der Waals surface area contributed by atoms with Crippen LogP contribution in [0.25, 0.3) is 0 Å². The number of aromatic amines is 1. The number of nitrogens with one attached hydrogen (secondary N) is 2. The minimum Gasteiger partial charge on any atom is -0.367 e. The number of carbonyl (C=O) groups excluding carboxylic acids is 1. The van der Waals surface area contributed by atoms with E-state index in [-0.39, 0.29) is 17.0 Å². The predicted molar refractivity (Wildman–Crippen MR) is 70.9 cm³/mol. The van der Waals surface area contributed by atoms with E-state index in [1.54, 1.807) is 10.9 Å². The second kappa shape index (κ2) is 5.09. The Bertz CT molecular complexity index is 657. The normalized spacial score (nSPS) is 12.2. The summed E-state index contributed by atoms with van der Waals surface area (Å²) in [5.41, 5.74) is 1.72. The monoisotopic (exact) mass is 260 g/mol. The van der Waals surface area contributed by atoms with Crippen molar-refractivity contribution < 1.29 is 4.79 Å². The fourth-order valence-electron chi connectivity index (χ4n) is 1.89. The summed E-state index contributed by atoms with van der Waals surface area (Å²) >= 11 is 0. The summed E-state index contributed by atoms with van der Waals surface area (Å²) in [7, 11) is 1.84. The Hall–Kier alpha value is -2.37. The number of H-pyrrole nitrogens is 1. The van der Waals surface area contributed by atoms with Gasteiger partial charge < -0.3 is 10.3 Å². The Kier molecular flexibility index (Phi) is 3.50. The van der Waals surface area contributed by atoms with E-state index < -0.39 is 5.91 Å². The second-order valence-corrected chi connectivity index (χ2v) is 4.43. The van der Waals surface area contributed by atoms with E-state index in [2.05, 4.69) is 15.4 Å². The van der Waals surface area contributed by atoms with Crippen molar-refractivity contribution in [1.29, 1.82) is 0 Å². The van der Waals surface area contributed by atoms with Crippen LogP contribution in [0.5, 0.6) is 0 Å². The molecule has 100 valence electrons. The third-order valence-corrected chi connectivity index (χ3v) is 3.16. The van der Waals surface area contributed by atoms with Crippen molar-refractivity contribution in [3.8, 4) is 0 Å². The Labute approximate surface area is 110 Å². The fraction of sp³-hybridized carbons (Fsp3) is 0.308. The van der Waals surface area contributed by atoms with Gasteiger partial charge in [-0.1, -0.05) is 0 Å². The first kappa shape index (κ1) is 13.1. The van der Waals surface area contributed by atoms with Crippen molar-refractivity contribution in [2.75, 3.05) is 0 Å². The molecule has 0 fully saturated rings. The summed E-state index contributed by atoms with van der Waals surface area (Å²) in [5.74, 6) is -0.391. The zero-order valence-electron chi connectivity index (χ0n) is 11.1. The third-order valence-electron chi connectivity index (χ3n) is 3.16. The van der Waals surface area contributed by atoms with Gasteiger partial charge in [0.2, 0.25) is 0 Å². The smallest absolute Gasteiger partial charge is 0.257 e. The van der Waals surface area contributed by atoms with Gasteiger partial charge in [-0.2, -0.15) is 5.10 Å². The van der Waals surface area contributed by atoms with Crippen molar-refractivity contribution >= 4 is 5.91 Å². The van der Waals surface area contributed by atoms with E-state index in [0.717, 1.165) is 11.3 Å². The number of pyridine rings is 1. The van der Waals surface area contributed by atoms with Crippen LogP contribution in [0.4, 0.5) is 0 Å². The quantitative estimate of drug-likeness (QED) is 0.860. The number of rotatable bonds is 3. The molecule has 0 saturated carbocycles. The van der Waals surface area contributed by atoms with Crippen molar-refractivity contribution in [1.82, 2.24) is 20.1 Å². The highest BCUT2D eigenvalue weighted by molar-refractivity contribution is 5.93. The maximum Gasteiger partial charge on any atom is 0.257 e. The second-order valence-electron chi connectivity index (χ2n) is 4.43. The molecule has 6 nitrogen and oxygen atoms in total. The summed E-state index contributed by atoms with van der Waals surface area (Å²) in [6, 6.07) is 1.12. The van der Waals surface area contributed by atoms with Gasteiger partial charge in [0, 0.05) is 36.8 Å². The summed E-state index contributed by atoms with van der Waals surface area (Å²) in [4.78, 5) is 26.3. The van der Waals surface area contributed by atoms with Crippen LogP contribution in [0.15, 0.2) is 29.5 Å². The van der Waals surface area contributed by atoms with Crippen molar-refractivity contribution in [3.05, 3.63) is 51.7 Å². The number of aromatic nitrogens is 3. The van der Waals surface area contributed by atoms with Crippen LogP contribution >= 0.6 is 0 Å². The van der Waals surface area contributed by atoms with Crippen molar-refractivity contribution in [2.45, 2.75) is 19.9 Å². The number of aryl methyl sites for hydroxylation is 1. The first-order valence-corrected chi connectivity index (χ1v) is 5.97. The summed E-state index contributed by atoms with van der Waals surface area (Å²) in [5, 5.41) is 6.93. The maximum absolute atomic E-state index is 12.0. The minimum atomic E-state index is -0.391. The van der Waals surface area contributed by atoms with Gasteiger partial charge in [0.1, 0.15) is 5.56 Å². The molecule has 0 aliphatic heterocycles. The molecule has 6 heteroatoms. The van der Waals surface area contributed by atoms with E-state index in [1.807, 2.05) is 20.9 Å². The highest BCUT2D eigenvalue weighted by Crippen LogP contribution is 2.16. The van der Waals surface area contributed by atoms with Crippen LogP contribution in [0.2, 0.25) is 0 Å². The topological polar surface area (TPSA) is 79.8 Å². The number of carbonyl (C=O) groups is 1. The molecule has 0 radical (unpaired) electrons. The molecule has 0 bridgehead atoms. The molecule has 2 aromatic heterocycles. The van der Waals surface area contributed by atoms with Gasteiger partial charge >= 0.3 is 0 Å². The number of amides is 1. The SMILES string of the molecule is Cc1c(C(C)NC(=O)c2c[nH]ccc2=O)cnn1C. The largest absolute Gasteiger partial charge is 0.367 e. The molecule has 0 aliphatic carbocycles. The van der Waals surface area contributed by atoms with E-state index in [9.17, 15) is 9.59 Å². The maximum atomic E-state index is 12.0. The van der Waals surface area contributed by atoms with Gasteiger partial charge in [0.25, 0.3) is 5.91 Å². The lowest BCUT2D eigenvalue weighted by Crippen LogP contribution is -2.30. The zero-order valence-corrected chi connectivity index (χ0v) is 11.1. The molecule has 2 rings (SSSR count). The molecule has 2 aromatic rings. The highest BCUT2D eigenvalue weighted by Gasteiger charge is 2.16. The standard InChI is InChI=1S/C13H16N4O2/c1-8(10-7-15-17(3)9(10)2)16-13(19)11-6-14-5-4-12(11)18/h4-8H,1-3H3,(H,14,18)(H,16,19). The van der Waals surface area contributed by atoms with E-state index >= 15 is 0 Å². The molecular formula is C13H16N4O2. The number of nitrogens with zero attached hydrogens (tertiary/aromatic N) is 2. The zero-order chi connectivity index (χ0) is 14.0. The lowest BCUT2D eigenvalue weighted by Gasteiger charge is -2.13. The van der Waals surface area contributed by atoms with Crippen LogP contribution in [-0.2, 0) is 7.05 Å². The molecule has 1 amide bonds. The van der Waals surface area contributed by atoms with Gasteiger partial charge in [-0.05, 0) is 13.8 Å². The summed E-state index contributed by atoms with van der Waals surface area (Å²) in [6.45, 7) is 3.79. The molecule has 1 unspecified atom stereocenters. The van der Waals surface area contributed by atoms with Gasteiger partial charge in [0.15, 0.2) is 5.43 Å². The number of hydrogen-bond donors (Lipinski definition) is 2. The number of hydrogen-bond acceptors (Lipinski definition) is 3. The van der Waals surface area contributed by atoms with Crippen LogP contribution in [-0.4, -0.2) is 20.7 Å². The summed E-state index contributed by atoms with van der Waals surface area (Å²) in [6.07, 6.45) is 4.61. The van der Waals surface area contributed by atoms with Gasteiger partial charge in [-0.3, -0.25) is 14.3 Å². The molecule has 0 aliphatic rings. The first-order chi connectivity index (χ1) is 9.00. The first-order valence-electron chi connectivity index (χ1n) is 5.97. The minimum absolute atomic E-state index is 0.107. The molecular weight excluding hydrogens is 244 g/mol. The molecule has 0 saturated heterocycles. The van der Waals surface area contributed by atoms with Crippen LogP contribution in [0, 0.1) is 6.92 Å². The lowest BCUT2D eigenvalue weighted by molar-refractivity contribution is 0.0938. The Morgan fingerprint density at radius 1 is 1.53 bits per heavy atom. The Balaban J connectivity index is 2.18. The molecule has 19 heavy (non-hydrogen) atoms. The van der Waals surface area contributed by atoms with E-state index in [4.69, 9.17) is 0 Å². The van der Waals surface area contributed by atoms with Gasteiger partial charge in [-0.15, -0.1) is 0 Å². The molecule has 0 aromatic carbocycles. The Morgan fingerprint density at radius 2 is 2.26 bits per heavy atom. The Morgan fingerprint density at radius 3 is 2.84 bits per heavy atom. The van der Waals surface area contributed by atoms with Crippen molar-refractivity contribution in [2.24, 2.45) is 7.05 Å². The highest BCUT2D eigenvalue weighted by atomic mass is 16.2. The molecule has 2 N–H and O–H groups in total. The van der Waals surface area contributed by atoms with Crippen LogP contribution in [0.3, 0.4) is 0 Å². The van der Waals surface area contributed by atoms with Gasteiger partial charge in [-0.25, -0.2) is 0 Å². The third kappa shape index (κ3) is 2.57. The fourth-order valence-corrected chi connectivity index (χ4v) is 1.89. The van der Waals surface area contributed by atoms with E-state index in [1.165, 1.54) is 18.5 Å². The van der Waals surface area contributed by atoms with Crippen LogP contribution < -0.4 is 10.7 Å².